The SMILES string of the molecule is O=S(=O)(Cl)CC(COCCc1cccs1)c1ccccc1. The normalized spacial score (nSPS) is 13.2. The van der Waals surface area contributed by atoms with Gasteiger partial charge in [0.05, 0.1) is 19.0 Å². The van der Waals surface area contributed by atoms with Crippen LogP contribution < -0.4 is 0 Å². The summed E-state index contributed by atoms with van der Waals surface area (Å²) in [6.45, 7) is 0.924. The van der Waals surface area contributed by atoms with E-state index in [2.05, 4.69) is 6.07 Å². The Morgan fingerprint density at radius 1 is 1.14 bits per heavy atom. The van der Waals surface area contributed by atoms with Crippen LogP contribution in [0, 0.1) is 0 Å². The summed E-state index contributed by atoms with van der Waals surface area (Å²) in [4.78, 5) is 1.26. The van der Waals surface area contributed by atoms with Crippen LogP contribution in [0.1, 0.15) is 16.4 Å². The fourth-order valence-corrected chi connectivity index (χ4v) is 3.98. The number of thiophene rings is 1. The number of hydrogen-bond acceptors (Lipinski definition) is 4. The van der Waals surface area contributed by atoms with E-state index in [9.17, 15) is 8.42 Å². The summed E-state index contributed by atoms with van der Waals surface area (Å²) in [5.74, 6) is -0.352. The van der Waals surface area contributed by atoms with Crippen LogP contribution in [-0.4, -0.2) is 27.4 Å². The van der Waals surface area contributed by atoms with Crippen molar-refractivity contribution in [3.8, 4) is 0 Å². The average molecular weight is 345 g/mol. The van der Waals surface area contributed by atoms with Gasteiger partial charge < -0.3 is 4.74 Å². The van der Waals surface area contributed by atoms with Crippen molar-refractivity contribution in [3.05, 3.63) is 58.3 Å². The predicted molar refractivity (Wildman–Crippen MR) is 87.7 cm³/mol. The molecule has 3 nitrogen and oxygen atoms in total. The molecule has 21 heavy (non-hydrogen) atoms. The van der Waals surface area contributed by atoms with Crippen molar-refractivity contribution in [1.82, 2.24) is 0 Å². The van der Waals surface area contributed by atoms with Crippen LogP contribution in [0.4, 0.5) is 0 Å². The maximum Gasteiger partial charge on any atom is 0.233 e. The summed E-state index contributed by atoms with van der Waals surface area (Å²) in [6, 6.07) is 13.5. The molecule has 0 radical (unpaired) electrons. The van der Waals surface area contributed by atoms with Crippen LogP contribution >= 0.6 is 22.0 Å². The average Bonchev–Trinajstić information content (AvgIpc) is 2.95. The highest BCUT2D eigenvalue weighted by Gasteiger charge is 2.19. The van der Waals surface area contributed by atoms with Gasteiger partial charge in [0, 0.05) is 27.9 Å². The zero-order valence-corrected chi connectivity index (χ0v) is 13.8. The van der Waals surface area contributed by atoms with E-state index in [0.717, 1.165) is 12.0 Å². The maximum absolute atomic E-state index is 11.3. The maximum atomic E-state index is 11.3. The molecule has 1 heterocycles. The van der Waals surface area contributed by atoms with Gasteiger partial charge in [-0.05, 0) is 17.0 Å². The van der Waals surface area contributed by atoms with Crippen molar-refractivity contribution >= 4 is 31.1 Å². The molecule has 0 amide bonds. The van der Waals surface area contributed by atoms with Crippen LogP contribution in [-0.2, 0) is 20.2 Å². The summed E-state index contributed by atoms with van der Waals surface area (Å²) in [7, 11) is 1.83. The fraction of sp³-hybridized carbons (Fsp3) is 0.333. The van der Waals surface area contributed by atoms with Crippen molar-refractivity contribution in [3.63, 3.8) is 0 Å². The van der Waals surface area contributed by atoms with E-state index in [1.807, 2.05) is 41.8 Å². The number of hydrogen-bond donors (Lipinski definition) is 0. The van der Waals surface area contributed by atoms with Crippen LogP contribution in [0.25, 0.3) is 0 Å². The van der Waals surface area contributed by atoms with Crippen molar-refractivity contribution in [2.75, 3.05) is 19.0 Å². The molecular formula is C15H17ClO3S2. The van der Waals surface area contributed by atoms with Crippen molar-refractivity contribution in [2.24, 2.45) is 0 Å². The molecule has 2 aromatic rings. The zero-order valence-electron chi connectivity index (χ0n) is 11.4. The topological polar surface area (TPSA) is 43.4 Å². The quantitative estimate of drug-likeness (QED) is 0.542. The molecule has 0 bridgehead atoms. The van der Waals surface area contributed by atoms with Gasteiger partial charge in [0.1, 0.15) is 0 Å². The minimum absolute atomic E-state index is 0.114. The third-order valence-corrected chi connectivity index (χ3v) is 5.18. The molecule has 0 aliphatic carbocycles. The molecule has 0 saturated heterocycles. The summed E-state index contributed by atoms with van der Waals surface area (Å²) in [5.41, 5.74) is 0.929. The Hall–Kier alpha value is -0.880. The van der Waals surface area contributed by atoms with Crippen LogP contribution in [0.2, 0.25) is 0 Å². The van der Waals surface area contributed by atoms with Crippen molar-refractivity contribution in [1.29, 1.82) is 0 Å². The second-order valence-corrected chi connectivity index (χ2v) is 8.57. The van der Waals surface area contributed by atoms with E-state index in [4.69, 9.17) is 15.4 Å². The molecule has 1 aromatic heterocycles. The van der Waals surface area contributed by atoms with E-state index in [1.54, 1.807) is 11.3 Å². The van der Waals surface area contributed by atoms with E-state index >= 15 is 0 Å². The first kappa shape index (κ1) is 16.5. The highest BCUT2D eigenvalue weighted by molar-refractivity contribution is 8.13. The summed E-state index contributed by atoms with van der Waals surface area (Å²) in [5, 5.41) is 2.03. The second-order valence-electron chi connectivity index (χ2n) is 4.72. The molecule has 2 rings (SSSR count). The van der Waals surface area contributed by atoms with Crippen LogP contribution in [0.15, 0.2) is 47.8 Å². The number of ether oxygens (including phenoxy) is 1. The van der Waals surface area contributed by atoms with E-state index in [-0.39, 0.29) is 11.7 Å². The molecule has 6 heteroatoms. The first-order valence-electron chi connectivity index (χ1n) is 6.62. The molecule has 114 valence electrons. The summed E-state index contributed by atoms with van der Waals surface area (Å²) >= 11 is 1.69. The van der Waals surface area contributed by atoms with E-state index < -0.39 is 9.05 Å². The molecule has 1 atom stereocenters. The third-order valence-electron chi connectivity index (χ3n) is 3.06. The molecule has 0 fully saturated rings. The van der Waals surface area contributed by atoms with Gasteiger partial charge in [0.2, 0.25) is 9.05 Å². The number of rotatable bonds is 8. The zero-order chi connectivity index (χ0) is 15.1. The Balaban J connectivity index is 1.90. The lowest BCUT2D eigenvalue weighted by molar-refractivity contribution is 0.127. The number of halogens is 1. The highest BCUT2D eigenvalue weighted by atomic mass is 35.7. The smallest absolute Gasteiger partial charge is 0.233 e. The Labute approximate surface area is 133 Å². The lowest BCUT2D eigenvalue weighted by Gasteiger charge is -2.16. The van der Waals surface area contributed by atoms with Gasteiger partial charge >= 0.3 is 0 Å². The molecule has 0 saturated carbocycles. The molecular weight excluding hydrogens is 328 g/mol. The number of benzene rings is 1. The van der Waals surface area contributed by atoms with Gasteiger partial charge in [-0.25, -0.2) is 8.42 Å². The molecule has 0 spiro atoms. The predicted octanol–water partition coefficient (Wildman–Crippen LogP) is 3.66. The van der Waals surface area contributed by atoms with Gasteiger partial charge in [-0.1, -0.05) is 36.4 Å². The van der Waals surface area contributed by atoms with Crippen LogP contribution in [0.3, 0.4) is 0 Å². The Bertz CT molecular complexity index is 624. The Morgan fingerprint density at radius 3 is 2.52 bits per heavy atom. The fourth-order valence-electron chi connectivity index (χ4n) is 2.06. The van der Waals surface area contributed by atoms with E-state index in [1.165, 1.54) is 4.88 Å². The second kappa shape index (κ2) is 7.94. The van der Waals surface area contributed by atoms with Crippen molar-refractivity contribution in [2.45, 2.75) is 12.3 Å². The van der Waals surface area contributed by atoms with Gasteiger partial charge in [-0.15, -0.1) is 11.3 Å². The first-order chi connectivity index (χ1) is 10.0. The van der Waals surface area contributed by atoms with Gasteiger partial charge in [-0.3, -0.25) is 0 Å². The largest absolute Gasteiger partial charge is 0.380 e. The lowest BCUT2D eigenvalue weighted by atomic mass is 10.0. The summed E-state index contributed by atoms with van der Waals surface area (Å²) < 4.78 is 28.3. The molecule has 0 N–H and O–H groups in total. The minimum atomic E-state index is -3.56. The van der Waals surface area contributed by atoms with Gasteiger partial charge in [0.25, 0.3) is 0 Å². The molecule has 1 unspecified atom stereocenters. The standard InChI is InChI=1S/C15H17ClO3S2/c16-21(17,18)12-14(13-5-2-1-3-6-13)11-19-9-8-15-7-4-10-20-15/h1-7,10,14H,8-9,11-12H2. The summed E-state index contributed by atoms with van der Waals surface area (Å²) in [6.07, 6.45) is 0.840. The third kappa shape index (κ3) is 6.18. The van der Waals surface area contributed by atoms with Crippen molar-refractivity contribution < 1.29 is 13.2 Å². The Kier molecular flexibility index (Phi) is 6.23. The van der Waals surface area contributed by atoms with E-state index in [0.29, 0.717) is 13.2 Å². The first-order valence-corrected chi connectivity index (χ1v) is 9.98. The molecule has 1 aromatic carbocycles. The lowest BCUT2D eigenvalue weighted by Crippen LogP contribution is -2.17. The van der Waals surface area contributed by atoms with Gasteiger partial charge in [0.15, 0.2) is 0 Å². The molecule has 0 aliphatic heterocycles. The monoisotopic (exact) mass is 344 g/mol. The Morgan fingerprint density at radius 2 is 1.90 bits per heavy atom. The molecule has 0 aliphatic rings. The minimum Gasteiger partial charge on any atom is -0.380 e. The highest BCUT2D eigenvalue weighted by Crippen LogP contribution is 2.20. The van der Waals surface area contributed by atoms with Crippen LogP contribution in [0.5, 0.6) is 0 Å². The van der Waals surface area contributed by atoms with Gasteiger partial charge in [-0.2, -0.15) is 0 Å².